The third kappa shape index (κ3) is 4.26. The van der Waals surface area contributed by atoms with E-state index >= 15 is 0 Å². The summed E-state index contributed by atoms with van der Waals surface area (Å²) in [6.07, 6.45) is 0. The molecule has 0 aliphatic carbocycles. The van der Waals surface area contributed by atoms with Gasteiger partial charge < -0.3 is 18.3 Å². The van der Waals surface area contributed by atoms with E-state index in [2.05, 4.69) is 109 Å². The molecule has 7 heteroatoms. The van der Waals surface area contributed by atoms with Crippen LogP contribution in [0.3, 0.4) is 0 Å². The van der Waals surface area contributed by atoms with Gasteiger partial charge in [0.05, 0.1) is 36.7 Å². The van der Waals surface area contributed by atoms with Gasteiger partial charge in [-0.3, -0.25) is 0 Å². The number of benzene rings is 6. The van der Waals surface area contributed by atoms with Gasteiger partial charge in [-0.05, 0) is 43.4 Å². The van der Waals surface area contributed by atoms with Crippen LogP contribution < -0.4 is 9.47 Å². The first-order valence-corrected chi connectivity index (χ1v) is 16.7. The number of aromatic nitrogens is 2. The fraction of sp³-hybridized carbons (Fsp3) is 0.0476. The van der Waals surface area contributed by atoms with Crippen molar-refractivity contribution in [2.75, 3.05) is 14.2 Å². The van der Waals surface area contributed by atoms with Crippen molar-refractivity contribution in [3.05, 3.63) is 184 Å². The number of ether oxygens (including phenoxy) is 2. The lowest BCUT2D eigenvalue weighted by Gasteiger charge is -2.06. The van der Waals surface area contributed by atoms with Gasteiger partial charge in [-0.15, -0.1) is 0 Å². The minimum Gasteiger partial charge on any atom is -0.492 e. The molecule has 12 aliphatic heterocycles. The molecule has 3 aromatic heterocycles. The molecule has 0 radical (unpaired) electrons. The van der Waals surface area contributed by atoms with Gasteiger partial charge >= 0.3 is 0 Å². The van der Waals surface area contributed by atoms with E-state index < -0.39 is 0 Å². The Labute approximate surface area is 281 Å². The number of rotatable bonds is 2. The summed E-state index contributed by atoms with van der Waals surface area (Å²) in [7, 11) is 3.31. The van der Waals surface area contributed by atoms with Crippen molar-refractivity contribution in [3.8, 4) is 11.5 Å². The Morgan fingerprint density at radius 3 is 1.10 bits per heavy atom. The highest BCUT2D eigenvalue weighted by molar-refractivity contribution is 7.00. The zero-order valence-electron chi connectivity index (χ0n) is 26.5. The standard InChI is InChI=1S/C42H26N2O4S/c1-45-39-33-21-35-29-15-7-25(8-16-29)23-3-11-27(12-4-23)31-19-20-32(38-37(31)43-49-44-38)28-13-5-24(6-14-28)26-9-17-30(18-10-26)36-22-34(41(39)47-36)40(46-2)42(33)48-35/h3-22H,1-2H3. The molecule has 6 nitrogen and oxygen atoms in total. The molecule has 16 bridgehead atoms. The molecular weight excluding hydrogens is 629 g/mol. The number of hydrogen-bond donors (Lipinski definition) is 0. The van der Waals surface area contributed by atoms with E-state index in [-0.39, 0.29) is 0 Å². The smallest absolute Gasteiger partial charge is 0.181 e. The lowest BCUT2D eigenvalue weighted by Crippen LogP contribution is -1.88. The molecule has 0 unspecified atom stereocenters. The Morgan fingerprint density at radius 1 is 0.429 bits per heavy atom. The molecule has 0 amide bonds. The zero-order valence-corrected chi connectivity index (χ0v) is 27.3. The maximum absolute atomic E-state index is 6.49. The number of hydrogen-bond acceptors (Lipinski definition) is 7. The minimum atomic E-state index is 0.608. The molecule has 0 atom stereocenters. The highest BCUT2D eigenvalue weighted by atomic mass is 32.1. The van der Waals surface area contributed by atoms with Crippen LogP contribution in [0.1, 0.15) is 0 Å². The molecule has 21 rings (SSSR count). The van der Waals surface area contributed by atoms with Gasteiger partial charge in [0.1, 0.15) is 21.9 Å². The van der Waals surface area contributed by atoms with Crippen molar-refractivity contribution in [2.24, 2.45) is 0 Å². The number of nitrogens with zero attached hydrogens (tertiary/aromatic N) is 2. The van der Waals surface area contributed by atoms with Crippen LogP contribution in [0.25, 0.3) is 33.0 Å². The van der Waals surface area contributed by atoms with Crippen LogP contribution in [0.2, 0.25) is 0 Å². The minimum absolute atomic E-state index is 0.608. The molecule has 0 fully saturated rings. The second-order valence-electron chi connectivity index (χ2n) is 12.2. The first kappa shape index (κ1) is 27.9. The predicted octanol–water partition coefficient (Wildman–Crippen LogP) is 9.24. The molecule has 0 N–H and O–H groups in total. The Bertz CT molecular complexity index is 3070. The van der Waals surface area contributed by atoms with Gasteiger partial charge in [0.2, 0.25) is 0 Å². The van der Waals surface area contributed by atoms with E-state index in [1.54, 1.807) is 14.2 Å². The van der Waals surface area contributed by atoms with Crippen molar-refractivity contribution in [3.63, 3.8) is 0 Å². The molecule has 15 heterocycles. The fourth-order valence-corrected chi connectivity index (χ4v) is 7.64. The van der Waals surface area contributed by atoms with E-state index in [4.69, 9.17) is 27.1 Å². The van der Waals surface area contributed by atoms with Crippen molar-refractivity contribution in [2.45, 2.75) is 0 Å². The Morgan fingerprint density at radius 2 is 0.755 bits per heavy atom. The highest BCUT2D eigenvalue weighted by Crippen LogP contribution is 2.44. The third-order valence-corrected chi connectivity index (χ3v) is 10.1. The van der Waals surface area contributed by atoms with Crippen LogP contribution in [0.15, 0.2) is 130 Å². The first-order valence-electron chi connectivity index (χ1n) is 16.0. The predicted molar refractivity (Wildman–Crippen MR) is 188 cm³/mol. The maximum atomic E-state index is 6.49. The van der Waals surface area contributed by atoms with Crippen molar-refractivity contribution in [1.29, 1.82) is 0 Å². The molecule has 0 saturated heterocycles. The molecule has 49 heavy (non-hydrogen) atoms. The van der Waals surface area contributed by atoms with Crippen molar-refractivity contribution in [1.82, 2.24) is 8.75 Å². The van der Waals surface area contributed by atoms with E-state index in [1.807, 2.05) is 12.1 Å². The van der Waals surface area contributed by atoms with Crippen LogP contribution in [0.5, 0.6) is 11.5 Å². The molecular formula is C42H26N2O4S. The quantitative estimate of drug-likeness (QED) is 0.185. The van der Waals surface area contributed by atoms with Crippen LogP contribution in [0.4, 0.5) is 0 Å². The van der Waals surface area contributed by atoms with E-state index in [0.717, 1.165) is 74.0 Å². The van der Waals surface area contributed by atoms with Gasteiger partial charge in [0.25, 0.3) is 0 Å². The first-order chi connectivity index (χ1) is 24.2. The van der Waals surface area contributed by atoms with E-state index in [0.29, 0.717) is 33.5 Å². The molecule has 0 spiro atoms. The highest BCUT2D eigenvalue weighted by Gasteiger charge is 2.21. The molecule has 6 aromatic carbocycles. The molecule has 9 aromatic rings. The number of methoxy groups -OCH3 is 2. The van der Waals surface area contributed by atoms with E-state index in [9.17, 15) is 0 Å². The van der Waals surface area contributed by atoms with Crippen molar-refractivity contribution >= 4 is 44.7 Å². The van der Waals surface area contributed by atoms with Gasteiger partial charge in [-0.2, -0.15) is 8.75 Å². The van der Waals surface area contributed by atoms with Crippen molar-refractivity contribution < 1.29 is 18.3 Å². The Kier molecular flexibility index (Phi) is 6.07. The van der Waals surface area contributed by atoms with Gasteiger partial charge in [-0.1, -0.05) is 109 Å². The largest absolute Gasteiger partial charge is 0.492 e. The van der Waals surface area contributed by atoms with Crippen LogP contribution in [0, 0.1) is 63.0 Å². The fourth-order valence-electron chi connectivity index (χ4n) is 7.06. The second-order valence-corrected chi connectivity index (χ2v) is 12.7. The second kappa shape index (κ2) is 10.7. The van der Waals surface area contributed by atoms with E-state index in [1.165, 1.54) is 11.7 Å². The SMILES string of the molecule is COc1c2cc3oc2c(OC)c2cc(oc12)=c1ccc(cc1)=c1ccc(cc1)=c1ccc(c2nsnc12)=c1ccc(cc1)=c1ccc=3cc1. The molecule has 234 valence electrons. The average molecular weight is 655 g/mol. The third-order valence-electron chi connectivity index (χ3n) is 9.59. The van der Waals surface area contributed by atoms with Crippen LogP contribution >= 0.6 is 11.7 Å². The Hall–Kier alpha value is -6.18. The van der Waals surface area contributed by atoms with Gasteiger partial charge in [0, 0.05) is 20.9 Å². The summed E-state index contributed by atoms with van der Waals surface area (Å²) in [4.78, 5) is 0. The lowest BCUT2D eigenvalue weighted by molar-refractivity contribution is 0.404. The normalized spacial score (nSPS) is 11.9. The molecule has 0 saturated carbocycles. The summed E-state index contributed by atoms with van der Waals surface area (Å²) in [5.41, 5.74) is 4.49. The topological polar surface area (TPSA) is 70.5 Å². The maximum Gasteiger partial charge on any atom is 0.181 e. The Balaban J connectivity index is 1.37. The van der Waals surface area contributed by atoms with Gasteiger partial charge in [-0.25, -0.2) is 0 Å². The van der Waals surface area contributed by atoms with Crippen LogP contribution in [-0.4, -0.2) is 23.0 Å². The summed E-state index contributed by atoms with van der Waals surface area (Å²) in [5.74, 6) is 1.22. The lowest BCUT2D eigenvalue weighted by atomic mass is 10.1. The summed E-state index contributed by atoms with van der Waals surface area (Å²) in [5, 5.41) is 12.3. The summed E-state index contributed by atoms with van der Waals surface area (Å²) >= 11 is 1.25. The molecule has 12 aliphatic rings. The monoisotopic (exact) mass is 654 g/mol. The average Bonchev–Trinajstić information content (AvgIpc) is 3.93. The number of furan rings is 2. The van der Waals surface area contributed by atoms with Gasteiger partial charge in [0.15, 0.2) is 22.7 Å². The zero-order chi connectivity index (χ0) is 32.6. The summed E-state index contributed by atoms with van der Waals surface area (Å²) in [6.45, 7) is 0. The summed E-state index contributed by atoms with van der Waals surface area (Å²) < 4.78 is 34.3. The summed E-state index contributed by atoms with van der Waals surface area (Å²) in [6, 6.07) is 42.3. The van der Waals surface area contributed by atoms with Crippen LogP contribution in [-0.2, 0) is 0 Å².